The van der Waals surface area contributed by atoms with Crippen LogP contribution in [0.5, 0.6) is 0 Å². The molecule has 0 unspecified atom stereocenters. The first kappa shape index (κ1) is 8.43. The summed E-state index contributed by atoms with van der Waals surface area (Å²) in [5.41, 5.74) is 2.09. The third-order valence-electron chi connectivity index (χ3n) is 2.22. The summed E-state index contributed by atoms with van der Waals surface area (Å²) in [6.45, 7) is 0. The number of imidazole rings is 1. The normalized spacial score (nSPS) is 10.9. The fourth-order valence-corrected chi connectivity index (χ4v) is 2.16. The Labute approximate surface area is 88.8 Å². The van der Waals surface area contributed by atoms with Crippen LogP contribution in [0.4, 0.5) is 0 Å². The highest BCUT2D eigenvalue weighted by Gasteiger charge is 2.04. The van der Waals surface area contributed by atoms with Gasteiger partial charge in [0.05, 0.1) is 5.69 Å². The minimum absolute atomic E-state index is 0.163. The highest BCUT2D eigenvalue weighted by molar-refractivity contribution is 7.08. The average molecular weight is 217 g/mol. The van der Waals surface area contributed by atoms with Gasteiger partial charge in [-0.3, -0.25) is 4.79 Å². The van der Waals surface area contributed by atoms with E-state index in [0.717, 1.165) is 11.3 Å². The zero-order chi connectivity index (χ0) is 10.3. The minimum atomic E-state index is -0.163. The Kier molecular flexibility index (Phi) is 1.72. The van der Waals surface area contributed by atoms with Gasteiger partial charge >= 0.3 is 0 Å². The van der Waals surface area contributed by atoms with Crippen LogP contribution in [0.15, 0.2) is 40.2 Å². The highest BCUT2D eigenvalue weighted by Crippen LogP contribution is 2.18. The first-order valence-corrected chi connectivity index (χ1v) is 5.37. The molecule has 0 atom stereocenters. The van der Waals surface area contributed by atoms with Crippen molar-refractivity contribution in [2.75, 3.05) is 0 Å². The van der Waals surface area contributed by atoms with Crippen LogP contribution in [0.2, 0.25) is 0 Å². The molecular formula is C10H7N3OS. The number of hydrogen-bond acceptors (Lipinski definition) is 3. The lowest BCUT2D eigenvalue weighted by Crippen LogP contribution is -2.10. The van der Waals surface area contributed by atoms with E-state index in [-0.39, 0.29) is 5.56 Å². The van der Waals surface area contributed by atoms with E-state index in [0.29, 0.717) is 5.65 Å². The Morgan fingerprint density at radius 3 is 3.20 bits per heavy atom. The summed E-state index contributed by atoms with van der Waals surface area (Å²) < 4.78 is 1.73. The maximum absolute atomic E-state index is 11.6. The summed E-state index contributed by atoms with van der Waals surface area (Å²) in [4.78, 5) is 18.4. The third-order valence-corrected chi connectivity index (χ3v) is 2.90. The van der Waals surface area contributed by atoms with Gasteiger partial charge in [-0.15, -0.1) is 0 Å². The molecule has 0 saturated heterocycles. The van der Waals surface area contributed by atoms with Crippen molar-refractivity contribution in [1.29, 1.82) is 0 Å². The molecule has 5 heteroatoms. The van der Waals surface area contributed by atoms with E-state index in [1.807, 2.05) is 23.0 Å². The average Bonchev–Trinajstić information content (AvgIpc) is 2.88. The smallest absolute Gasteiger partial charge is 0.292 e. The van der Waals surface area contributed by atoms with Crippen LogP contribution in [0.3, 0.4) is 0 Å². The van der Waals surface area contributed by atoms with Crippen LogP contribution in [-0.2, 0) is 0 Å². The summed E-state index contributed by atoms with van der Waals surface area (Å²) in [5.74, 6) is 0. The van der Waals surface area contributed by atoms with Crippen molar-refractivity contribution in [2.24, 2.45) is 0 Å². The van der Waals surface area contributed by atoms with Crippen LogP contribution in [-0.4, -0.2) is 14.4 Å². The number of rotatable bonds is 1. The van der Waals surface area contributed by atoms with Gasteiger partial charge in [0.2, 0.25) is 5.65 Å². The summed E-state index contributed by atoms with van der Waals surface area (Å²) >= 11 is 1.60. The van der Waals surface area contributed by atoms with E-state index in [1.54, 1.807) is 28.1 Å². The van der Waals surface area contributed by atoms with Gasteiger partial charge in [-0.25, -0.2) is 4.98 Å². The first-order chi connectivity index (χ1) is 7.34. The predicted octanol–water partition coefficient (Wildman–Crippen LogP) is 1.75. The van der Waals surface area contributed by atoms with Gasteiger partial charge in [0.15, 0.2) is 0 Å². The molecule has 0 aliphatic carbocycles. The van der Waals surface area contributed by atoms with E-state index in [1.165, 1.54) is 0 Å². The second kappa shape index (κ2) is 3.06. The molecule has 3 aromatic heterocycles. The van der Waals surface area contributed by atoms with Crippen molar-refractivity contribution in [2.45, 2.75) is 0 Å². The van der Waals surface area contributed by atoms with Crippen LogP contribution < -0.4 is 5.56 Å². The van der Waals surface area contributed by atoms with Crippen molar-refractivity contribution < 1.29 is 0 Å². The van der Waals surface area contributed by atoms with Gasteiger partial charge in [0.25, 0.3) is 5.56 Å². The molecular weight excluding hydrogens is 210 g/mol. The maximum atomic E-state index is 11.6. The largest absolute Gasteiger partial charge is 0.317 e. The van der Waals surface area contributed by atoms with Gasteiger partial charge in [-0.2, -0.15) is 11.3 Å². The van der Waals surface area contributed by atoms with E-state index in [2.05, 4.69) is 9.97 Å². The van der Waals surface area contributed by atoms with Crippen molar-refractivity contribution in [1.82, 2.24) is 14.4 Å². The highest BCUT2D eigenvalue weighted by atomic mass is 32.1. The van der Waals surface area contributed by atoms with Crippen LogP contribution in [0, 0.1) is 0 Å². The number of hydrogen-bond donors (Lipinski definition) is 1. The fourth-order valence-electron chi connectivity index (χ4n) is 1.51. The molecule has 0 aliphatic rings. The predicted molar refractivity (Wildman–Crippen MR) is 59.1 cm³/mol. The summed E-state index contributed by atoms with van der Waals surface area (Å²) in [7, 11) is 0. The maximum Gasteiger partial charge on any atom is 0.292 e. The van der Waals surface area contributed by atoms with Crippen molar-refractivity contribution >= 4 is 17.0 Å². The number of H-pyrrole nitrogens is 1. The number of fused-ring (bicyclic) bond motifs is 1. The number of aromatic amines is 1. The fraction of sp³-hybridized carbons (Fsp3) is 0. The Balaban J connectivity index is 2.34. The Morgan fingerprint density at radius 2 is 2.40 bits per heavy atom. The van der Waals surface area contributed by atoms with E-state index >= 15 is 0 Å². The molecule has 3 heterocycles. The van der Waals surface area contributed by atoms with Crippen LogP contribution in [0.25, 0.3) is 16.9 Å². The van der Waals surface area contributed by atoms with Crippen LogP contribution >= 0.6 is 11.3 Å². The Morgan fingerprint density at radius 1 is 1.47 bits per heavy atom. The molecule has 0 radical (unpaired) electrons. The first-order valence-electron chi connectivity index (χ1n) is 4.43. The molecule has 3 rings (SSSR count). The topological polar surface area (TPSA) is 50.2 Å². The minimum Gasteiger partial charge on any atom is -0.317 e. The van der Waals surface area contributed by atoms with E-state index in [9.17, 15) is 4.79 Å². The van der Waals surface area contributed by atoms with Gasteiger partial charge in [-0.05, 0) is 11.4 Å². The second-order valence-electron chi connectivity index (χ2n) is 3.17. The third kappa shape index (κ3) is 1.28. The van der Waals surface area contributed by atoms with Gasteiger partial charge in [0.1, 0.15) is 0 Å². The summed E-state index contributed by atoms with van der Waals surface area (Å²) in [6.07, 6.45) is 5.24. The number of thiophene rings is 1. The lowest BCUT2D eigenvalue weighted by atomic mass is 10.2. The quantitative estimate of drug-likeness (QED) is 0.675. The number of nitrogens with zero attached hydrogens (tertiary/aromatic N) is 2. The van der Waals surface area contributed by atoms with Gasteiger partial charge in [0, 0.05) is 29.5 Å². The van der Waals surface area contributed by atoms with Crippen LogP contribution in [0.1, 0.15) is 0 Å². The summed E-state index contributed by atoms with van der Waals surface area (Å²) in [5, 5.41) is 3.97. The molecule has 0 aliphatic heterocycles. The molecule has 0 saturated carbocycles. The molecule has 15 heavy (non-hydrogen) atoms. The molecule has 0 fully saturated rings. The molecule has 74 valence electrons. The Bertz CT molecular complexity index is 651. The molecule has 0 aromatic carbocycles. The van der Waals surface area contributed by atoms with Gasteiger partial charge in [-0.1, -0.05) is 0 Å². The Hall–Kier alpha value is -1.88. The number of aromatic nitrogens is 3. The van der Waals surface area contributed by atoms with E-state index in [4.69, 9.17) is 0 Å². The SMILES string of the molecule is O=c1[nH]c(-c2ccsc2)cn2ccnc12. The second-order valence-corrected chi connectivity index (χ2v) is 3.95. The lowest BCUT2D eigenvalue weighted by Gasteiger charge is -1.98. The molecule has 3 aromatic rings. The molecule has 0 amide bonds. The van der Waals surface area contributed by atoms with Crippen molar-refractivity contribution in [3.63, 3.8) is 0 Å². The zero-order valence-corrected chi connectivity index (χ0v) is 8.49. The van der Waals surface area contributed by atoms with Gasteiger partial charge < -0.3 is 9.38 Å². The lowest BCUT2D eigenvalue weighted by molar-refractivity contribution is 1.10. The summed E-state index contributed by atoms with van der Waals surface area (Å²) in [6, 6.07) is 1.97. The molecule has 0 spiro atoms. The molecule has 0 bridgehead atoms. The standard InChI is InChI=1S/C10H7N3OS/c14-10-9-11-2-3-13(9)5-8(12-10)7-1-4-15-6-7/h1-6H,(H,12,14). The molecule has 1 N–H and O–H groups in total. The molecule has 4 nitrogen and oxygen atoms in total. The van der Waals surface area contributed by atoms with E-state index < -0.39 is 0 Å². The monoisotopic (exact) mass is 217 g/mol. The number of nitrogens with one attached hydrogen (secondary N) is 1. The van der Waals surface area contributed by atoms with Crippen molar-refractivity contribution in [3.8, 4) is 11.3 Å². The van der Waals surface area contributed by atoms with Crippen molar-refractivity contribution in [3.05, 3.63) is 45.8 Å². The zero-order valence-electron chi connectivity index (χ0n) is 7.68.